The van der Waals surface area contributed by atoms with Crippen LogP contribution in [0.1, 0.15) is 6.92 Å². The highest BCUT2D eigenvalue weighted by molar-refractivity contribution is 14.1. The molecule has 0 radical (unpaired) electrons. The van der Waals surface area contributed by atoms with E-state index in [9.17, 15) is 0 Å². The summed E-state index contributed by atoms with van der Waals surface area (Å²) in [7, 11) is 0. The summed E-state index contributed by atoms with van der Waals surface area (Å²) in [5.74, 6) is 1.04. The van der Waals surface area contributed by atoms with Gasteiger partial charge in [-0.2, -0.15) is 0 Å². The van der Waals surface area contributed by atoms with Crippen LogP contribution in [0.3, 0.4) is 0 Å². The fourth-order valence-electron chi connectivity index (χ4n) is 2.40. The molecule has 3 heterocycles. The minimum atomic E-state index is 0. The van der Waals surface area contributed by atoms with Crippen LogP contribution < -0.4 is 28.7 Å². The normalized spacial score (nSPS) is 21.1. The van der Waals surface area contributed by atoms with Gasteiger partial charge in [0, 0.05) is 9.81 Å². The van der Waals surface area contributed by atoms with Crippen molar-refractivity contribution in [3.05, 3.63) is 24.3 Å². The van der Waals surface area contributed by atoms with Crippen LogP contribution in [0.4, 0.5) is 0 Å². The number of aromatic amines is 1. The molecule has 0 saturated heterocycles. The number of hydrogen-bond acceptors (Lipinski definition) is 3. The Balaban J connectivity index is 0.00000121. The molecule has 1 atom stereocenters. The molecule has 0 spiro atoms. The van der Waals surface area contributed by atoms with Gasteiger partial charge in [0.05, 0.1) is 11.3 Å². The lowest BCUT2D eigenvalue weighted by Crippen LogP contribution is -3.00. The van der Waals surface area contributed by atoms with Gasteiger partial charge in [-0.15, -0.1) is 4.68 Å². The Morgan fingerprint density at radius 2 is 2.25 bits per heavy atom. The third kappa shape index (κ3) is 2.04. The zero-order valence-electron chi connectivity index (χ0n) is 10.7. The molecule has 1 aromatic carbocycles. The van der Waals surface area contributed by atoms with Crippen molar-refractivity contribution in [1.82, 2.24) is 15.1 Å². The van der Waals surface area contributed by atoms with E-state index in [1.54, 1.807) is 11.8 Å². The van der Waals surface area contributed by atoms with Crippen LogP contribution in [0.5, 0.6) is 0 Å². The Labute approximate surface area is 151 Å². The predicted octanol–water partition coefficient (Wildman–Crippen LogP) is -0.342. The van der Waals surface area contributed by atoms with E-state index in [-0.39, 0.29) is 29.5 Å². The summed E-state index contributed by atoms with van der Waals surface area (Å²) in [4.78, 5) is 8.09. The van der Waals surface area contributed by atoms with E-state index >= 15 is 0 Å². The predicted molar refractivity (Wildman–Crippen MR) is 84.8 cm³/mol. The number of benzene rings is 1. The Morgan fingerprint density at radius 1 is 1.45 bits per heavy atom. The molecule has 1 N–H and O–H groups in total. The zero-order valence-corrected chi connectivity index (χ0v) is 15.9. The van der Waals surface area contributed by atoms with Crippen molar-refractivity contribution in [2.45, 2.75) is 17.6 Å². The zero-order chi connectivity index (χ0) is 13.0. The van der Waals surface area contributed by atoms with Crippen LogP contribution in [0.2, 0.25) is 0 Å². The van der Waals surface area contributed by atoms with E-state index in [0.717, 1.165) is 37.4 Å². The molecule has 1 aliphatic rings. The molecule has 1 unspecified atom stereocenters. The Kier molecular flexibility index (Phi) is 3.87. The molecule has 20 heavy (non-hydrogen) atoms. The highest BCUT2D eigenvalue weighted by Crippen LogP contribution is 2.31. The maximum Gasteiger partial charge on any atom is 0.382 e. The molecule has 0 amide bonds. The molecule has 3 aromatic rings. The second-order valence-electron chi connectivity index (χ2n) is 5.09. The van der Waals surface area contributed by atoms with E-state index in [0.29, 0.717) is 0 Å². The summed E-state index contributed by atoms with van der Waals surface area (Å²) in [6, 6.07) is 8.24. The second-order valence-corrected chi connectivity index (χ2v) is 6.80. The molecule has 0 saturated carbocycles. The third-order valence-corrected chi connectivity index (χ3v) is 6.49. The lowest BCUT2D eigenvalue weighted by molar-refractivity contribution is -0.830. The van der Waals surface area contributed by atoms with Gasteiger partial charge in [-0.25, -0.2) is 0 Å². The third-order valence-electron chi connectivity index (χ3n) is 3.56. The Bertz CT molecular complexity index is 804. The van der Waals surface area contributed by atoms with Gasteiger partial charge in [0.1, 0.15) is 0 Å². The maximum atomic E-state index is 4.87. The number of fused-ring (bicyclic) bond motifs is 4. The van der Waals surface area contributed by atoms with Crippen molar-refractivity contribution in [3.63, 3.8) is 0 Å². The van der Waals surface area contributed by atoms with E-state index < -0.39 is 0 Å². The molecule has 4 rings (SSSR count). The van der Waals surface area contributed by atoms with Crippen LogP contribution >= 0.6 is 34.4 Å². The molecule has 0 bridgehead atoms. The monoisotopic (exact) mass is 510 g/mol. The standard InChI is InChI=1S/C13H11IN4S.HI/c1-13(6-14)7-19-12-16-11-10(17-18(12)13)8-4-2-3-5-9(8)15-11;/h2-5H,6-7H2,1H3;1H. The minimum Gasteiger partial charge on any atom is -1.00 e. The average molecular weight is 510 g/mol. The number of H-pyrrole nitrogens is 1. The number of rotatable bonds is 1. The largest absolute Gasteiger partial charge is 1.00 e. The molecule has 2 aromatic heterocycles. The number of hydrogen-bond donors (Lipinski definition) is 1. The molecule has 7 heteroatoms. The van der Waals surface area contributed by atoms with Crippen molar-refractivity contribution in [2.24, 2.45) is 0 Å². The Morgan fingerprint density at radius 3 is 3.05 bits per heavy atom. The molecule has 0 fully saturated rings. The van der Waals surface area contributed by atoms with Gasteiger partial charge in [-0.3, -0.25) is 0 Å². The molecular formula is C13H12I2N4S. The number of nitrogens with zero attached hydrogens (tertiary/aromatic N) is 3. The fourth-order valence-corrected chi connectivity index (χ4v) is 4.56. The van der Waals surface area contributed by atoms with E-state index in [1.807, 2.05) is 12.1 Å². The number of alkyl halides is 1. The van der Waals surface area contributed by atoms with Crippen LogP contribution in [0.25, 0.3) is 22.1 Å². The van der Waals surface area contributed by atoms with Crippen molar-refractivity contribution in [1.29, 1.82) is 0 Å². The summed E-state index contributed by atoms with van der Waals surface area (Å²) in [5.41, 5.74) is 3.03. The number of thioether (sulfide) groups is 1. The molecular weight excluding hydrogens is 498 g/mol. The summed E-state index contributed by atoms with van der Waals surface area (Å²) >= 11 is 4.22. The van der Waals surface area contributed by atoms with E-state index in [2.05, 4.69) is 51.3 Å². The first-order chi connectivity index (χ1) is 9.21. The quantitative estimate of drug-likeness (QED) is 0.277. The van der Waals surface area contributed by atoms with Crippen molar-refractivity contribution < 1.29 is 28.7 Å². The topological polar surface area (TPSA) is 45.5 Å². The first-order valence-corrected chi connectivity index (χ1v) is 8.62. The summed E-state index contributed by atoms with van der Waals surface area (Å²) in [5, 5.41) is 7.02. The lowest BCUT2D eigenvalue weighted by Gasteiger charge is -2.15. The molecule has 104 valence electrons. The first kappa shape index (κ1) is 14.8. The van der Waals surface area contributed by atoms with Crippen molar-refractivity contribution >= 4 is 56.4 Å². The van der Waals surface area contributed by atoms with Crippen molar-refractivity contribution in [3.8, 4) is 0 Å². The Hall–Kier alpha value is -0.160. The van der Waals surface area contributed by atoms with Crippen molar-refractivity contribution in [2.75, 3.05) is 10.2 Å². The van der Waals surface area contributed by atoms with Gasteiger partial charge in [-0.1, -0.05) is 45.9 Å². The van der Waals surface area contributed by atoms with Gasteiger partial charge in [0.2, 0.25) is 0 Å². The highest BCUT2D eigenvalue weighted by atomic mass is 127. The fraction of sp³-hybridized carbons (Fsp3) is 0.308. The SMILES string of the molecule is CC1(CI)CSc2nc3[nH]c4ccccc4c3n[n+]21.[I-]. The van der Waals surface area contributed by atoms with Crippen LogP contribution in [-0.4, -0.2) is 25.2 Å². The molecule has 0 aliphatic carbocycles. The van der Waals surface area contributed by atoms with Crippen LogP contribution in [-0.2, 0) is 5.54 Å². The van der Waals surface area contributed by atoms with E-state index in [1.165, 1.54) is 0 Å². The summed E-state index contributed by atoms with van der Waals surface area (Å²) in [6.07, 6.45) is 0. The van der Waals surface area contributed by atoms with Gasteiger partial charge in [0.15, 0.2) is 11.1 Å². The summed E-state index contributed by atoms with van der Waals surface area (Å²) in [6.45, 7) is 2.25. The summed E-state index contributed by atoms with van der Waals surface area (Å²) < 4.78 is 3.14. The van der Waals surface area contributed by atoms with Crippen LogP contribution in [0.15, 0.2) is 29.4 Å². The lowest BCUT2D eigenvalue weighted by atomic mass is 10.1. The van der Waals surface area contributed by atoms with E-state index in [4.69, 9.17) is 10.1 Å². The molecule has 4 nitrogen and oxygen atoms in total. The van der Waals surface area contributed by atoms with Gasteiger partial charge in [-0.05, 0) is 29.7 Å². The smallest absolute Gasteiger partial charge is 0.382 e. The van der Waals surface area contributed by atoms with Gasteiger partial charge in [0.25, 0.3) is 5.65 Å². The number of nitrogens with one attached hydrogen (secondary N) is 1. The van der Waals surface area contributed by atoms with Gasteiger partial charge < -0.3 is 29.0 Å². The van der Waals surface area contributed by atoms with Gasteiger partial charge >= 0.3 is 5.16 Å². The second kappa shape index (κ2) is 5.24. The highest BCUT2D eigenvalue weighted by Gasteiger charge is 2.43. The minimum absolute atomic E-state index is 0. The number of para-hydroxylation sites is 1. The first-order valence-electron chi connectivity index (χ1n) is 6.11. The number of aromatic nitrogens is 4. The van der Waals surface area contributed by atoms with Crippen LogP contribution in [0, 0.1) is 0 Å². The molecule has 1 aliphatic heterocycles. The average Bonchev–Trinajstić information content (AvgIpc) is 2.96. The maximum absolute atomic E-state index is 4.87. The number of halogens is 2.